The third-order valence-corrected chi connectivity index (χ3v) is 2.37. The summed E-state index contributed by atoms with van der Waals surface area (Å²) in [6.07, 6.45) is 1.08. The van der Waals surface area contributed by atoms with Crippen molar-refractivity contribution >= 4 is 39.5 Å². The highest BCUT2D eigenvalue weighted by molar-refractivity contribution is 8.31. The highest BCUT2D eigenvalue weighted by Gasteiger charge is 2.04. The quantitative estimate of drug-likeness (QED) is 0.587. The minimum Gasteiger partial charge on any atom is -0.224 e. The van der Waals surface area contributed by atoms with E-state index >= 15 is 0 Å². The van der Waals surface area contributed by atoms with Crippen molar-refractivity contribution in [3.63, 3.8) is 0 Å². The maximum absolute atomic E-state index is 12.3. The summed E-state index contributed by atoms with van der Waals surface area (Å²) in [6, 6.07) is 4.72. The molecule has 1 aromatic carbocycles. The Bertz CT molecular complexity index is 528. The van der Waals surface area contributed by atoms with E-state index in [-0.39, 0.29) is 4.90 Å². The summed E-state index contributed by atoms with van der Waals surface area (Å²) in [5, 5.41) is 0. The average molecular weight is 309 g/mol. The predicted octanol–water partition coefficient (Wildman–Crippen LogP) is 1.94. The number of benzene rings is 1. The highest BCUT2D eigenvalue weighted by atomic mass is 36.0. The Hall–Kier alpha value is -0.370. The van der Waals surface area contributed by atoms with Gasteiger partial charge in [-0.2, -0.15) is 8.42 Å². The Balaban J connectivity index is 0.000000385. The van der Waals surface area contributed by atoms with Gasteiger partial charge in [0.1, 0.15) is 5.82 Å². The fourth-order valence-electron chi connectivity index (χ4n) is 0.682. The first-order chi connectivity index (χ1) is 7.00. The fourth-order valence-corrected chi connectivity index (χ4v) is 1.31. The lowest BCUT2D eigenvalue weighted by atomic mass is 10.4. The zero-order valence-electron chi connectivity index (χ0n) is 7.89. The van der Waals surface area contributed by atoms with Gasteiger partial charge in [0, 0.05) is 27.6 Å². The van der Waals surface area contributed by atoms with Crippen molar-refractivity contribution in [2.24, 2.45) is 0 Å². The molecule has 0 radical (unpaired) electrons. The topological polar surface area (TPSA) is 68.3 Å². The SMILES string of the molecule is CS(=O)(=O)c1ccc(F)cc1.O=S(=O)(Cl)Cl. The third-order valence-electron chi connectivity index (χ3n) is 1.24. The molecule has 0 unspecified atom stereocenters. The van der Waals surface area contributed by atoms with Crippen LogP contribution in [-0.4, -0.2) is 23.1 Å². The van der Waals surface area contributed by atoms with E-state index in [4.69, 9.17) is 8.42 Å². The number of hydrogen-bond donors (Lipinski definition) is 0. The van der Waals surface area contributed by atoms with Crippen LogP contribution >= 0.6 is 21.4 Å². The van der Waals surface area contributed by atoms with Gasteiger partial charge in [-0.15, -0.1) is 0 Å². The molecule has 9 heteroatoms. The summed E-state index contributed by atoms with van der Waals surface area (Å²) in [7, 11) is 1.63. The molecule has 1 aromatic rings. The first-order valence-electron chi connectivity index (χ1n) is 3.60. The molecule has 0 atom stereocenters. The molecule has 0 N–H and O–H groups in total. The van der Waals surface area contributed by atoms with Crippen molar-refractivity contribution in [2.75, 3.05) is 6.26 Å². The van der Waals surface area contributed by atoms with Crippen molar-refractivity contribution in [1.29, 1.82) is 0 Å². The standard InChI is InChI=1S/C7H7FO2S.Cl2O2S/c1-11(9,10)7-4-2-6(8)3-5-7;1-5(2,3)4/h2-5H,1H3;. The number of rotatable bonds is 1. The molecule has 0 aliphatic heterocycles. The highest BCUT2D eigenvalue weighted by Crippen LogP contribution is 2.08. The normalized spacial score (nSPS) is 11.5. The largest absolute Gasteiger partial charge is 0.317 e. The molecule has 92 valence electrons. The van der Waals surface area contributed by atoms with E-state index in [0.29, 0.717) is 0 Å². The van der Waals surface area contributed by atoms with Gasteiger partial charge in [0.05, 0.1) is 4.90 Å². The molecule has 4 nitrogen and oxygen atoms in total. The number of hydrogen-bond acceptors (Lipinski definition) is 4. The molecule has 0 aliphatic rings. The molecule has 0 spiro atoms. The summed E-state index contributed by atoms with van der Waals surface area (Å²) in [6.45, 7) is 0. The fraction of sp³-hybridized carbons (Fsp3) is 0.143. The molecule has 1 rings (SSSR count). The van der Waals surface area contributed by atoms with Gasteiger partial charge in [-0.1, -0.05) is 0 Å². The van der Waals surface area contributed by atoms with Crippen LogP contribution in [0.5, 0.6) is 0 Å². The lowest BCUT2D eigenvalue weighted by Gasteiger charge is -1.95. The van der Waals surface area contributed by atoms with E-state index in [2.05, 4.69) is 21.4 Å². The smallest absolute Gasteiger partial charge is 0.224 e. The average Bonchev–Trinajstić information content (AvgIpc) is 1.99. The molecule has 0 bridgehead atoms. The van der Waals surface area contributed by atoms with Gasteiger partial charge in [-0.3, -0.25) is 0 Å². The van der Waals surface area contributed by atoms with E-state index in [1.54, 1.807) is 0 Å². The number of sulfone groups is 1. The molecule has 0 saturated carbocycles. The van der Waals surface area contributed by atoms with Crippen LogP contribution in [0.1, 0.15) is 0 Å². The number of halogens is 3. The van der Waals surface area contributed by atoms with Crippen molar-refractivity contribution in [1.82, 2.24) is 0 Å². The second kappa shape index (κ2) is 5.81. The van der Waals surface area contributed by atoms with Crippen molar-refractivity contribution in [3.8, 4) is 0 Å². The molecule has 0 heterocycles. The van der Waals surface area contributed by atoms with Gasteiger partial charge in [-0.05, 0) is 24.3 Å². The van der Waals surface area contributed by atoms with Gasteiger partial charge in [0.15, 0.2) is 9.84 Å². The van der Waals surface area contributed by atoms with Crippen molar-refractivity contribution < 1.29 is 21.2 Å². The van der Waals surface area contributed by atoms with Gasteiger partial charge in [-0.25, -0.2) is 12.8 Å². The van der Waals surface area contributed by atoms with Crippen LogP contribution in [0.2, 0.25) is 0 Å². The second-order valence-corrected chi connectivity index (χ2v) is 8.29. The molecule has 0 fully saturated rings. The van der Waals surface area contributed by atoms with Crippen molar-refractivity contribution in [3.05, 3.63) is 30.1 Å². The monoisotopic (exact) mass is 308 g/mol. The van der Waals surface area contributed by atoms with Gasteiger partial charge in [0.25, 0.3) is 0 Å². The van der Waals surface area contributed by atoms with E-state index in [1.807, 2.05) is 0 Å². The molecule has 0 amide bonds. The minimum atomic E-state index is -3.72. The lowest BCUT2D eigenvalue weighted by molar-refractivity contribution is 0.600. The van der Waals surface area contributed by atoms with E-state index in [0.717, 1.165) is 18.4 Å². The predicted molar refractivity (Wildman–Crippen MR) is 60.1 cm³/mol. The first-order valence-corrected chi connectivity index (χ1v) is 8.62. The zero-order chi connectivity index (χ0) is 13.0. The maximum atomic E-state index is 12.3. The summed E-state index contributed by atoms with van der Waals surface area (Å²) in [5.41, 5.74) is 0. The Kier molecular flexibility index (Phi) is 5.67. The van der Waals surface area contributed by atoms with E-state index < -0.39 is 23.9 Å². The van der Waals surface area contributed by atoms with Crippen LogP contribution in [-0.2, 0) is 18.1 Å². The second-order valence-electron chi connectivity index (χ2n) is 2.60. The Morgan fingerprint density at radius 1 is 1.00 bits per heavy atom. The zero-order valence-corrected chi connectivity index (χ0v) is 11.0. The third kappa shape index (κ3) is 8.90. The van der Waals surface area contributed by atoms with Crippen LogP contribution < -0.4 is 0 Å². The molecule has 0 saturated heterocycles. The Labute approximate surface area is 102 Å². The van der Waals surface area contributed by atoms with Gasteiger partial charge < -0.3 is 0 Å². The van der Waals surface area contributed by atoms with Crippen LogP contribution in [0.4, 0.5) is 4.39 Å². The Morgan fingerprint density at radius 2 is 1.31 bits per heavy atom. The molecule has 0 aromatic heterocycles. The van der Waals surface area contributed by atoms with E-state index in [1.165, 1.54) is 12.1 Å². The first kappa shape index (κ1) is 15.6. The molecular weight excluding hydrogens is 302 g/mol. The summed E-state index contributed by atoms with van der Waals surface area (Å²) in [4.78, 5) is 0.138. The van der Waals surface area contributed by atoms with Crippen LogP contribution in [0.3, 0.4) is 0 Å². The summed E-state index contributed by atoms with van der Waals surface area (Å²) >= 11 is 0. The summed E-state index contributed by atoms with van der Waals surface area (Å²) < 4.78 is 52.2. The van der Waals surface area contributed by atoms with E-state index in [9.17, 15) is 12.8 Å². The molecule has 16 heavy (non-hydrogen) atoms. The van der Waals surface area contributed by atoms with Crippen LogP contribution in [0, 0.1) is 5.82 Å². The maximum Gasteiger partial charge on any atom is 0.317 e. The van der Waals surface area contributed by atoms with Gasteiger partial charge >= 0.3 is 8.26 Å². The lowest BCUT2D eigenvalue weighted by Crippen LogP contribution is -1.96. The molecule has 0 aliphatic carbocycles. The Morgan fingerprint density at radius 3 is 1.56 bits per heavy atom. The van der Waals surface area contributed by atoms with Crippen LogP contribution in [0.15, 0.2) is 29.2 Å². The summed E-state index contributed by atoms with van der Waals surface area (Å²) in [5.74, 6) is -0.433. The van der Waals surface area contributed by atoms with Crippen LogP contribution in [0.25, 0.3) is 0 Å². The van der Waals surface area contributed by atoms with Crippen molar-refractivity contribution in [2.45, 2.75) is 4.90 Å². The minimum absolute atomic E-state index is 0.138. The van der Waals surface area contributed by atoms with Gasteiger partial charge in [0.2, 0.25) is 0 Å². The molecular formula is C7H7Cl2FO4S2.